The highest BCUT2D eigenvalue weighted by Crippen LogP contribution is 2.48. The monoisotopic (exact) mass is 356 g/mol. The Labute approximate surface area is 139 Å². The van der Waals surface area contributed by atoms with E-state index in [1.54, 1.807) is 0 Å². The van der Waals surface area contributed by atoms with Crippen molar-refractivity contribution in [2.45, 2.75) is 17.8 Å². The molecule has 11 nitrogen and oxygen atoms in total. The van der Waals surface area contributed by atoms with Gasteiger partial charge >= 0.3 is 17.9 Å². The van der Waals surface area contributed by atoms with Crippen LogP contribution in [0, 0.1) is 0 Å². The number of aliphatic carboxylic acids is 1. The molecule has 2 heterocycles. The number of fused-ring (bicyclic) bond motifs is 1. The molecule has 0 aromatic carbocycles. The number of carboxylic acids is 1. The van der Waals surface area contributed by atoms with Crippen molar-refractivity contribution in [3.63, 3.8) is 0 Å². The summed E-state index contributed by atoms with van der Waals surface area (Å²) in [5.41, 5.74) is 6.35. The lowest BCUT2D eigenvalue weighted by molar-refractivity contribution is -0.169. The van der Waals surface area contributed by atoms with Crippen molar-refractivity contribution >= 4 is 35.6 Å². The molecule has 12 heteroatoms. The second-order valence-corrected chi connectivity index (χ2v) is 5.89. The van der Waals surface area contributed by atoms with E-state index in [0.717, 1.165) is 23.8 Å². The standard InChI is InChI=1S/C12H12N4O7S/c1-5(17)23-3-6-4-24-10-12(14-15-13,11(21)22-2)9(20)16(10)7(6)8(18)19/h10H,3-4H2,1-2H3,(H,18,19)/t10-,12?/m1/s1. The van der Waals surface area contributed by atoms with E-state index < -0.39 is 40.4 Å². The van der Waals surface area contributed by atoms with Gasteiger partial charge in [-0.3, -0.25) is 19.3 Å². The van der Waals surface area contributed by atoms with Gasteiger partial charge in [-0.2, -0.15) is 0 Å². The normalized spacial score (nSPS) is 25.2. The number of ether oxygens (including phenoxy) is 2. The third-order valence-electron chi connectivity index (χ3n) is 3.48. The molecule has 2 atom stereocenters. The average Bonchev–Trinajstić information content (AvgIpc) is 2.55. The molecule has 1 saturated heterocycles. The van der Waals surface area contributed by atoms with Crippen LogP contribution in [0.2, 0.25) is 0 Å². The molecule has 0 saturated carbocycles. The first-order chi connectivity index (χ1) is 11.3. The van der Waals surface area contributed by atoms with Crippen LogP contribution >= 0.6 is 11.8 Å². The molecule has 0 radical (unpaired) electrons. The third kappa shape index (κ3) is 2.45. The Kier molecular flexibility index (Phi) is 4.71. The number of carboxylic acid groups (broad SMARTS) is 1. The number of hydrogen-bond donors (Lipinski definition) is 1. The second kappa shape index (κ2) is 6.42. The lowest BCUT2D eigenvalue weighted by Crippen LogP contribution is -2.76. The number of rotatable bonds is 5. The summed E-state index contributed by atoms with van der Waals surface area (Å²) in [7, 11) is 1.03. The maximum atomic E-state index is 12.4. The molecule has 24 heavy (non-hydrogen) atoms. The summed E-state index contributed by atoms with van der Waals surface area (Å²) in [6.45, 7) is 0.867. The van der Waals surface area contributed by atoms with Gasteiger partial charge in [0.1, 0.15) is 17.7 Å². The summed E-state index contributed by atoms with van der Waals surface area (Å²) in [5, 5.41) is 11.6. The van der Waals surface area contributed by atoms with Crippen molar-refractivity contribution in [2.24, 2.45) is 5.11 Å². The molecule has 128 valence electrons. The zero-order valence-corrected chi connectivity index (χ0v) is 13.4. The highest BCUT2D eigenvalue weighted by atomic mass is 32.2. The van der Waals surface area contributed by atoms with Crippen molar-refractivity contribution in [1.29, 1.82) is 0 Å². The number of carbonyl (C=O) groups is 4. The van der Waals surface area contributed by atoms with E-state index in [1.807, 2.05) is 0 Å². The maximum Gasteiger partial charge on any atom is 0.352 e. The first-order valence-electron chi connectivity index (χ1n) is 6.49. The fraction of sp³-hybridized carbons (Fsp3) is 0.500. The molecule has 0 aliphatic carbocycles. The van der Waals surface area contributed by atoms with Crippen LogP contribution in [0.5, 0.6) is 0 Å². The number of esters is 2. The van der Waals surface area contributed by atoms with Crippen LogP contribution in [0.3, 0.4) is 0 Å². The summed E-state index contributed by atoms with van der Waals surface area (Å²) >= 11 is 1.02. The Hall–Kier alpha value is -2.72. The van der Waals surface area contributed by atoms with Gasteiger partial charge in [0.15, 0.2) is 0 Å². The smallest absolute Gasteiger partial charge is 0.352 e. The van der Waals surface area contributed by atoms with Crippen LogP contribution in [0.1, 0.15) is 6.92 Å². The molecule has 2 aliphatic rings. The highest BCUT2D eigenvalue weighted by Gasteiger charge is 2.70. The van der Waals surface area contributed by atoms with Crippen LogP contribution in [0.25, 0.3) is 10.4 Å². The summed E-state index contributed by atoms with van der Waals surface area (Å²) in [6, 6.07) is 0. The minimum Gasteiger partial charge on any atom is -0.477 e. The summed E-state index contributed by atoms with van der Waals surface area (Å²) < 4.78 is 9.32. The molecular formula is C12H12N4O7S. The minimum absolute atomic E-state index is 0.0725. The number of carbonyl (C=O) groups excluding carboxylic acids is 3. The molecule has 1 N–H and O–H groups in total. The lowest BCUT2D eigenvalue weighted by atomic mass is 9.87. The molecular weight excluding hydrogens is 344 g/mol. The van der Waals surface area contributed by atoms with E-state index >= 15 is 0 Å². The van der Waals surface area contributed by atoms with E-state index in [-0.39, 0.29) is 17.9 Å². The van der Waals surface area contributed by atoms with Crippen molar-refractivity contribution in [2.75, 3.05) is 19.5 Å². The second-order valence-electron chi connectivity index (χ2n) is 4.82. The van der Waals surface area contributed by atoms with Crippen LogP contribution in [0.4, 0.5) is 0 Å². The fourth-order valence-corrected chi connectivity index (χ4v) is 3.86. The highest BCUT2D eigenvalue weighted by molar-refractivity contribution is 8.00. The van der Waals surface area contributed by atoms with Crippen LogP contribution in [-0.2, 0) is 28.7 Å². The molecule has 0 spiro atoms. The van der Waals surface area contributed by atoms with Crippen LogP contribution in [-0.4, -0.2) is 64.2 Å². The maximum absolute atomic E-state index is 12.4. The Morgan fingerprint density at radius 2 is 2.21 bits per heavy atom. The largest absolute Gasteiger partial charge is 0.477 e. The topological polar surface area (TPSA) is 159 Å². The zero-order chi connectivity index (χ0) is 18.1. The van der Waals surface area contributed by atoms with Gasteiger partial charge in [0.05, 0.1) is 7.11 Å². The number of azide groups is 1. The van der Waals surface area contributed by atoms with Gasteiger partial charge in [0.2, 0.25) is 0 Å². The van der Waals surface area contributed by atoms with Crippen molar-refractivity contribution in [3.8, 4) is 0 Å². The minimum atomic E-state index is -2.14. The molecule has 0 aromatic heterocycles. The van der Waals surface area contributed by atoms with Crippen LogP contribution in [0.15, 0.2) is 16.4 Å². The van der Waals surface area contributed by atoms with Gasteiger partial charge in [-0.15, -0.1) is 11.8 Å². The zero-order valence-electron chi connectivity index (χ0n) is 12.6. The number of β-lactam (4-membered cyclic amide) rings is 1. The number of thioether (sulfide) groups is 1. The first-order valence-corrected chi connectivity index (χ1v) is 7.54. The molecule has 2 aliphatic heterocycles. The third-order valence-corrected chi connectivity index (χ3v) is 4.86. The van der Waals surface area contributed by atoms with Gasteiger partial charge in [-0.25, -0.2) is 4.79 Å². The van der Waals surface area contributed by atoms with E-state index in [2.05, 4.69) is 14.8 Å². The number of nitrogens with zero attached hydrogens (tertiary/aromatic N) is 4. The number of hydrogen-bond acceptors (Lipinski definition) is 8. The predicted octanol–water partition coefficient (Wildman–Crippen LogP) is 0.0254. The number of amides is 1. The number of methoxy groups -OCH3 is 1. The average molecular weight is 356 g/mol. The van der Waals surface area contributed by atoms with E-state index in [4.69, 9.17) is 10.3 Å². The van der Waals surface area contributed by atoms with Crippen molar-refractivity contribution in [1.82, 2.24) is 4.90 Å². The fourth-order valence-electron chi connectivity index (χ4n) is 2.45. The van der Waals surface area contributed by atoms with Gasteiger partial charge in [-0.1, -0.05) is 5.11 Å². The summed E-state index contributed by atoms with van der Waals surface area (Å²) in [6.07, 6.45) is 0. The first kappa shape index (κ1) is 17.6. The van der Waals surface area contributed by atoms with E-state index in [0.29, 0.717) is 0 Å². The Bertz CT molecular complexity index is 714. The molecule has 0 aromatic rings. The van der Waals surface area contributed by atoms with Gasteiger partial charge in [0, 0.05) is 23.2 Å². The quantitative estimate of drug-likeness (QED) is 0.180. The Morgan fingerprint density at radius 3 is 2.71 bits per heavy atom. The van der Waals surface area contributed by atoms with Gasteiger partial charge in [0.25, 0.3) is 11.4 Å². The van der Waals surface area contributed by atoms with E-state index in [9.17, 15) is 24.3 Å². The molecule has 2 rings (SSSR count). The molecule has 0 bridgehead atoms. The van der Waals surface area contributed by atoms with Gasteiger partial charge < -0.3 is 14.6 Å². The summed E-state index contributed by atoms with van der Waals surface area (Å²) in [4.78, 5) is 50.2. The van der Waals surface area contributed by atoms with Gasteiger partial charge in [-0.05, 0) is 5.53 Å². The molecule has 1 amide bonds. The molecule has 1 fully saturated rings. The van der Waals surface area contributed by atoms with Crippen molar-refractivity contribution in [3.05, 3.63) is 21.7 Å². The summed E-state index contributed by atoms with van der Waals surface area (Å²) in [5.74, 6) is -4.01. The SMILES string of the molecule is COC(=O)C1(N=[N+]=[N-])C(=O)N2C(C(=O)O)=C(COC(C)=O)CS[C@@H]21. The lowest BCUT2D eigenvalue weighted by Gasteiger charge is -2.53. The van der Waals surface area contributed by atoms with Crippen molar-refractivity contribution < 1.29 is 33.8 Å². The Balaban J connectivity index is 2.45. The van der Waals surface area contributed by atoms with E-state index in [1.165, 1.54) is 6.92 Å². The molecule has 1 unspecified atom stereocenters. The Morgan fingerprint density at radius 1 is 1.54 bits per heavy atom. The van der Waals surface area contributed by atoms with Crippen LogP contribution < -0.4 is 0 Å². The predicted molar refractivity (Wildman–Crippen MR) is 78.3 cm³/mol.